The van der Waals surface area contributed by atoms with E-state index in [2.05, 4.69) is 15.9 Å². The lowest BCUT2D eigenvalue weighted by Gasteiger charge is -2.07. The molecule has 0 saturated heterocycles. The van der Waals surface area contributed by atoms with Crippen molar-refractivity contribution in [3.05, 3.63) is 29.6 Å². The third kappa shape index (κ3) is 2.12. The molecule has 1 unspecified atom stereocenters. The number of ketones is 1. The van der Waals surface area contributed by atoms with Crippen LogP contribution in [-0.4, -0.2) is 17.7 Å². The third-order valence-corrected chi connectivity index (χ3v) is 2.23. The highest BCUT2D eigenvalue weighted by Gasteiger charge is 2.18. The number of halogens is 2. The Balaban J connectivity index is 3.16. The Morgan fingerprint density at radius 3 is 2.71 bits per heavy atom. The van der Waals surface area contributed by atoms with Gasteiger partial charge in [0.1, 0.15) is 0 Å². The lowest BCUT2D eigenvalue weighted by Crippen LogP contribution is -2.12. The van der Waals surface area contributed by atoms with E-state index < -0.39 is 10.6 Å². The fourth-order valence-electron chi connectivity index (χ4n) is 1.07. The molecule has 76 valence electrons. The molecule has 2 nitrogen and oxygen atoms in total. The van der Waals surface area contributed by atoms with Gasteiger partial charge in [0.15, 0.2) is 17.3 Å². The second kappa shape index (κ2) is 4.55. The van der Waals surface area contributed by atoms with Crippen LogP contribution in [0.1, 0.15) is 17.3 Å². The molecule has 0 fully saturated rings. The normalized spacial score (nSPS) is 12.3. The monoisotopic (exact) mass is 260 g/mol. The summed E-state index contributed by atoms with van der Waals surface area (Å²) in [6.07, 6.45) is 0. The molecule has 0 spiro atoms. The minimum Gasteiger partial charge on any atom is -0.494 e. The van der Waals surface area contributed by atoms with Gasteiger partial charge in [0.25, 0.3) is 0 Å². The number of carbonyl (C=O) groups is 1. The molecular formula is C10H10BrFO2. The smallest absolute Gasteiger partial charge is 0.179 e. The molecule has 1 aromatic rings. The standard InChI is InChI=1S/C10H10BrFO2/c1-6(11)10(13)7-4-3-5-8(14-2)9(7)12/h3-6H,1-2H3. The highest BCUT2D eigenvalue weighted by atomic mass is 79.9. The van der Waals surface area contributed by atoms with E-state index >= 15 is 0 Å². The molecule has 0 aromatic heterocycles. The van der Waals surface area contributed by atoms with E-state index in [4.69, 9.17) is 4.74 Å². The predicted octanol–water partition coefficient (Wildman–Crippen LogP) is 2.80. The van der Waals surface area contributed by atoms with Gasteiger partial charge in [-0.1, -0.05) is 22.0 Å². The van der Waals surface area contributed by atoms with Gasteiger partial charge in [0, 0.05) is 0 Å². The summed E-state index contributed by atoms with van der Waals surface area (Å²) >= 11 is 3.10. The molecule has 0 radical (unpaired) electrons. The Morgan fingerprint density at radius 1 is 1.57 bits per heavy atom. The van der Waals surface area contributed by atoms with Crippen LogP contribution in [0.4, 0.5) is 4.39 Å². The van der Waals surface area contributed by atoms with Crippen LogP contribution in [0.2, 0.25) is 0 Å². The predicted molar refractivity (Wildman–Crippen MR) is 55.7 cm³/mol. The van der Waals surface area contributed by atoms with Crippen LogP contribution in [0.15, 0.2) is 18.2 Å². The van der Waals surface area contributed by atoms with Gasteiger partial charge in [-0.2, -0.15) is 0 Å². The molecule has 1 atom stereocenters. The summed E-state index contributed by atoms with van der Waals surface area (Å²) in [7, 11) is 1.37. The maximum absolute atomic E-state index is 13.5. The number of ether oxygens (including phenoxy) is 1. The molecule has 4 heteroatoms. The molecule has 0 aliphatic heterocycles. The van der Waals surface area contributed by atoms with Crippen LogP contribution in [-0.2, 0) is 0 Å². The van der Waals surface area contributed by atoms with Gasteiger partial charge in [-0.3, -0.25) is 4.79 Å². The summed E-state index contributed by atoms with van der Waals surface area (Å²) in [4.78, 5) is 11.1. The lowest BCUT2D eigenvalue weighted by molar-refractivity contribution is 0.0991. The first-order valence-electron chi connectivity index (χ1n) is 4.08. The first kappa shape index (κ1) is 11.2. The Labute approximate surface area is 90.2 Å². The van der Waals surface area contributed by atoms with Gasteiger partial charge in [-0.15, -0.1) is 0 Å². The quantitative estimate of drug-likeness (QED) is 0.617. The zero-order valence-corrected chi connectivity index (χ0v) is 9.47. The molecule has 0 amide bonds. The highest BCUT2D eigenvalue weighted by Crippen LogP contribution is 2.22. The molecule has 0 saturated carbocycles. The van der Waals surface area contributed by atoms with Crippen LogP contribution in [0.3, 0.4) is 0 Å². The van der Waals surface area contributed by atoms with E-state index in [-0.39, 0.29) is 17.1 Å². The summed E-state index contributed by atoms with van der Waals surface area (Å²) in [5.74, 6) is -0.809. The number of carbonyl (C=O) groups excluding carboxylic acids is 1. The first-order valence-corrected chi connectivity index (χ1v) is 5.00. The van der Waals surface area contributed by atoms with Gasteiger partial charge < -0.3 is 4.74 Å². The first-order chi connectivity index (χ1) is 6.57. The second-order valence-electron chi connectivity index (χ2n) is 2.80. The molecule has 1 rings (SSSR count). The number of methoxy groups -OCH3 is 1. The third-order valence-electron chi connectivity index (χ3n) is 1.81. The molecule has 0 N–H and O–H groups in total. The van der Waals surface area contributed by atoms with Crippen molar-refractivity contribution in [1.29, 1.82) is 0 Å². The molecule has 14 heavy (non-hydrogen) atoms. The summed E-state index contributed by atoms with van der Waals surface area (Å²) < 4.78 is 18.3. The van der Waals surface area contributed by atoms with E-state index in [0.29, 0.717) is 0 Å². The Hall–Kier alpha value is -0.900. The van der Waals surface area contributed by atoms with Crippen LogP contribution in [0.5, 0.6) is 5.75 Å². The number of rotatable bonds is 3. The van der Waals surface area contributed by atoms with Gasteiger partial charge in [0.2, 0.25) is 0 Å². The van der Waals surface area contributed by atoms with Gasteiger partial charge in [-0.05, 0) is 19.1 Å². The van der Waals surface area contributed by atoms with Crippen molar-refractivity contribution in [2.45, 2.75) is 11.8 Å². The number of hydrogen-bond donors (Lipinski definition) is 0. The molecule has 0 bridgehead atoms. The molecule has 1 aromatic carbocycles. The van der Waals surface area contributed by atoms with Crippen molar-refractivity contribution in [3.8, 4) is 5.75 Å². The minimum absolute atomic E-state index is 0.0497. The topological polar surface area (TPSA) is 26.3 Å². The average Bonchev–Trinajstić information content (AvgIpc) is 2.17. The van der Waals surface area contributed by atoms with Crippen molar-refractivity contribution >= 4 is 21.7 Å². The van der Waals surface area contributed by atoms with E-state index in [0.717, 1.165) is 0 Å². The van der Waals surface area contributed by atoms with Gasteiger partial charge in [-0.25, -0.2) is 4.39 Å². The van der Waals surface area contributed by atoms with Crippen molar-refractivity contribution in [1.82, 2.24) is 0 Å². The Bertz CT molecular complexity index is 350. The second-order valence-corrected chi connectivity index (χ2v) is 4.18. The number of benzene rings is 1. The van der Waals surface area contributed by atoms with Crippen molar-refractivity contribution in [2.75, 3.05) is 7.11 Å². The molecule has 0 aliphatic carbocycles. The van der Waals surface area contributed by atoms with Crippen molar-refractivity contribution < 1.29 is 13.9 Å². The van der Waals surface area contributed by atoms with E-state index in [1.165, 1.54) is 19.2 Å². The van der Waals surface area contributed by atoms with E-state index in [1.54, 1.807) is 13.0 Å². The van der Waals surface area contributed by atoms with Crippen LogP contribution >= 0.6 is 15.9 Å². The Morgan fingerprint density at radius 2 is 2.21 bits per heavy atom. The van der Waals surface area contributed by atoms with Crippen molar-refractivity contribution in [3.63, 3.8) is 0 Å². The lowest BCUT2D eigenvalue weighted by atomic mass is 10.1. The molecule has 0 aliphatic rings. The van der Waals surface area contributed by atoms with Gasteiger partial charge in [0.05, 0.1) is 17.5 Å². The fourth-order valence-corrected chi connectivity index (χ4v) is 1.32. The summed E-state index contributed by atoms with van der Waals surface area (Å²) in [6.45, 7) is 1.65. The average molecular weight is 261 g/mol. The largest absolute Gasteiger partial charge is 0.494 e. The SMILES string of the molecule is COc1cccc(C(=O)C(C)Br)c1F. The molecule has 0 heterocycles. The maximum atomic E-state index is 13.5. The van der Waals surface area contributed by atoms with Crippen molar-refractivity contribution in [2.24, 2.45) is 0 Å². The Kier molecular flexibility index (Phi) is 3.63. The highest BCUT2D eigenvalue weighted by molar-refractivity contribution is 9.10. The van der Waals surface area contributed by atoms with E-state index in [1.807, 2.05) is 0 Å². The zero-order chi connectivity index (χ0) is 10.7. The number of Topliss-reactive ketones (excluding diaryl/α,β-unsaturated/α-hetero) is 1. The maximum Gasteiger partial charge on any atom is 0.179 e. The summed E-state index contributed by atoms with van der Waals surface area (Å²) in [6, 6.07) is 4.51. The molecular weight excluding hydrogens is 251 g/mol. The van der Waals surface area contributed by atoms with Crippen LogP contribution < -0.4 is 4.74 Å². The summed E-state index contributed by atoms with van der Waals surface area (Å²) in [5.41, 5.74) is 0.0497. The van der Waals surface area contributed by atoms with Gasteiger partial charge >= 0.3 is 0 Å². The number of alkyl halides is 1. The fraction of sp³-hybridized carbons (Fsp3) is 0.300. The zero-order valence-electron chi connectivity index (χ0n) is 7.88. The van der Waals surface area contributed by atoms with Crippen LogP contribution in [0, 0.1) is 5.82 Å². The number of hydrogen-bond acceptors (Lipinski definition) is 2. The van der Waals surface area contributed by atoms with E-state index in [9.17, 15) is 9.18 Å². The van der Waals surface area contributed by atoms with Crippen LogP contribution in [0.25, 0.3) is 0 Å². The summed E-state index contributed by atoms with van der Waals surface area (Å²) in [5, 5.41) is 0. The minimum atomic E-state index is -0.605.